The number of nitrogens with two attached hydrogens (primary N) is 1. The summed E-state index contributed by atoms with van der Waals surface area (Å²) in [6.45, 7) is 0.866. The maximum Gasteiger partial charge on any atom is 0.276 e. The van der Waals surface area contributed by atoms with Crippen molar-refractivity contribution in [3.8, 4) is 5.75 Å². The van der Waals surface area contributed by atoms with E-state index < -0.39 is 11.6 Å². The smallest absolute Gasteiger partial charge is 0.276 e. The second kappa shape index (κ2) is 6.77. The van der Waals surface area contributed by atoms with E-state index in [9.17, 15) is 13.6 Å². The summed E-state index contributed by atoms with van der Waals surface area (Å²) in [5.41, 5.74) is 5.79. The van der Waals surface area contributed by atoms with Crippen molar-refractivity contribution in [3.63, 3.8) is 0 Å². The molecule has 0 atom stereocenters. The first-order chi connectivity index (χ1) is 11.5. The fourth-order valence-corrected chi connectivity index (χ4v) is 2.59. The first kappa shape index (κ1) is 16.1. The summed E-state index contributed by atoms with van der Waals surface area (Å²) in [4.78, 5) is 21.8. The predicted octanol–water partition coefficient (Wildman–Crippen LogP) is 2.02. The number of nitrogen functional groups attached to an aromatic ring is 1. The molecule has 0 unspecified atom stereocenters. The highest BCUT2D eigenvalue weighted by molar-refractivity contribution is 5.96. The Hall–Kier alpha value is -2.77. The van der Waals surface area contributed by atoms with Crippen LogP contribution in [0, 0.1) is 11.6 Å². The minimum atomic E-state index is -0.735. The van der Waals surface area contributed by atoms with Gasteiger partial charge in [-0.05, 0) is 12.1 Å². The Labute approximate surface area is 137 Å². The summed E-state index contributed by atoms with van der Waals surface area (Å²) in [5, 5.41) is 0. The van der Waals surface area contributed by atoms with Gasteiger partial charge in [0.15, 0.2) is 23.1 Å². The number of aromatic nitrogens is 2. The molecule has 0 aliphatic carbocycles. The van der Waals surface area contributed by atoms with E-state index >= 15 is 0 Å². The van der Waals surface area contributed by atoms with E-state index in [-0.39, 0.29) is 29.3 Å². The van der Waals surface area contributed by atoms with Gasteiger partial charge in [0.2, 0.25) is 0 Å². The fraction of sp³-hybridized carbons (Fsp3) is 0.312. The molecule has 1 aromatic carbocycles. The zero-order valence-corrected chi connectivity index (χ0v) is 12.8. The van der Waals surface area contributed by atoms with Crippen LogP contribution < -0.4 is 10.5 Å². The molecule has 1 aliphatic rings. The molecule has 1 aliphatic heterocycles. The number of nitrogens with zero attached hydrogens (tertiary/aromatic N) is 3. The number of carbonyl (C=O) groups excluding carboxylic acids is 1. The van der Waals surface area contributed by atoms with Gasteiger partial charge in [0, 0.05) is 44.4 Å². The van der Waals surface area contributed by atoms with E-state index in [1.54, 1.807) is 4.90 Å². The van der Waals surface area contributed by atoms with Crippen molar-refractivity contribution < 1.29 is 18.3 Å². The number of likely N-dealkylation sites (tertiary alicyclic amines) is 1. The second-order valence-corrected chi connectivity index (χ2v) is 5.47. The molecule has 126 valence electrons. The maximum atomic E-state index is 13.6. The monoisotopic (exact) mass is 334 g/mol. The number of piperidine rings is 1. The van der Waals surface area contributed by atoms with Crippen LogP contribution in [0.5, 0.6) is 5.75 Å². The number of amides is 1. The predicted molar refractivity (Wildman–Crippen MR) is 82.4 cm³/mol. The molecule has 1 aromatic heterocycles. The highest BCUT2D eigenvalue weighted by atomic mass is 19.1. The van der Waals surface area contributed by atoms with Crippen molar-refractivity contribution >= 4 is 11.7 Å². The second-order valence-electron chi connectivity index (χ2n) is 5.47. The van der Waals surface area contributed by atoms with Crippen molar-refractivity contribution in [2.75, 3.05) is 18.8 Å². The van der Waals surface area contributed by atoms with Crippen molar-refractivity contribution in [1.82, 2.24) is 14.9 Å². The van der Waals surface area contributed by atoms with Crippen molar-refractivity contribution in [2.45, 2.75) is 18.9 Å². The van der Waals surface area contributed by atoms with Gasteiger partial charge in [-0.1, -0.05) is 0 Å². The van der Waals surface area contributed by atoms with Gasteiger partial charge in [-0.3, -0.25) is 4.79 Å². The standard InChI is InChI=1S/C16H16F2N4O2/c17-10-1-2-13(12(18)9-10)24-11-3-7-22(8-4-11)16(23)14-15(19)21-6-5-20-14/h1-2,5-6,9,11H,3-4,7-8H2,(H2,19,21). The minimum Gasteiger partial charge on any atom is -0.487 e. The lowest BCUT2D eigenvalue weighted by Crippen LogP contribution is -2.42. The maximum absolute atomic E-state index is 13.6. The van der Waals surface area contributed by atoms with E-state index in [1.807, 2.05) is 0 Å². The molecule has 8 heteroatoms. The van der Waals surface area contributed by atoms with E-state index in [2.05, 4.69) is 9.97 Å². The molecule has 2 aromatic rings. The Kier molecular flexibility index (Phi) is 4.54. The lowest BCUT2D eigenvalue weighted by Gasteiger charge is -2.32. The van der Waals surface area contributed by atoms with Crippen LogP contribution in [0.25, 0.3) is 0 Å². The molecule has 1 amide bonds. The Morgan fingerprint density at radius 1 is 1.21 bits per heavy atom. The van der Waals surface area contributed by atoms with Crippen LogP contribution in [0.4, 0.5) is 14.6 Å². The molecule has 1 fully saturated rings. The average molecular weight is 334 g/mol. The van der Waals surface area contributed by atoms with Gasteiger partial charge in [-0.15, -0.1) is 0 Å². The van der Waals surface area contributed by atoms with Crippen LogP contribution in [0.1, 0.15) is 23.3 Å². The molecular formula is C16H16F2N4O2. The quantitative estimate of drug-likeness (QED) is 0.929. The van der Waals surface area contributed by atoms with Gasteiger partial charge < -0.3 is 15.4 Å². The minimum absolute atomic E-state index is 0.0133. The van der Waals surface area contributed by atoms with Gasteiger partial charge in [0.25, 0.3) is 5.91 Å². The third kappa shape index (κ3) is 3.42. The molecular weight excluding hydrogens is 318 g/mol. The summed E-state index contributed by atoms with van der Waals surface area (Å²) in [6, 6.07) is 3.20. The molecule has 6 nitrogen and oxygen atoms in total. The van der Waals surface area contributed by atoms with Gasteiger partial charge in [-0.25, -0.2) is 18.7 Å². The van der Waals surface area contributed by atoms with Crippen LogP contribution in [0.15, 0.2) is 30.6 Å². The average Bonchev–Trinajstić information content (AvgIpc) is 2.58. The van der Waals surface area contributed by atoms with E-state index in [0.717, 1.165) is 12.1 Å². The lowest BCUT2D eigenvalue weighted by atomic mass is 10.1. The number of halogens is 2. The molecule has 3 rings (SSSR count). The SMILES string of the molecule is Nc1nccnc1C(=O)N1CCC(Oc2ccc(F)cc2F)CC1. The van der Waals surface area contributed by atoms with Crippen molar-refractivity contribution in [1.29, 1.82) is 0 Å². The molecule has 2 N–H and O–H groups in total. The third-order valence-corrected chi connectivity index (χ3v) is 3.85. The van der Waals surface area contributed by atoms with Gasteiger partial charge in [0.05, 0.1) is 0 Å². The Morgan fingerprint density at radius 3 is 2.58 bits per heavy atom. The Balaban J connectivity index is 1.60. The largest absolute Gasteiger partial charge is 0.487 e. The summed E-state index contributed by atoms with van der Waals surface area (Å²) in [6.07, 6.45) is 3.65. The zero-order chi connectivity index (χ0) is 17.1. The van der Waals surface area contributed by atoms with Crippen molar-refractivity contribution in [2.24, 2.45) is 0 Å². The number of ether oxygens (including phenoxy) is 1. The summed E-state index contributed by atoms with van der Waals surface area (Å²) >= 11 is 0. The van der Waals surface area contributed by atoms with Gasteiger partial charge in [-0.2, -0.15) is 0 Å². The Bertz CT molecular complexity index is 749. The number of hydrogen-bond donors (Lipinski definition) is 1. The Morgan fingerprint density at radius 2 is 1.92 bits per heavy atom. The van der Waals surface area contributed by atoms with Crippen LogP contribution >= 0.6 is 0 Å². The lowest BCUT2D eigenvalue weighted by molar-refractivity contribution is 0.0583. The van der Waals surface area contributed by atoms with E-state index in [1.165, 1.54) is 18.5 Å². The van der Waals surface area contributed by atoms with Crippen LogP contribution in [-0.4, -0.2) is 40.0 Å². The van der Waals surface area contributed by atoms with Crippen molar-refractivity contribution in [3.05, 3.63) is 47.9 Å². The molecule has 24 heavy (non-hydrogen) atoms. The molecule has 2 heterocycles. The number of benzene rings is 1. The molecule has 0 saturated carbocycles. The van der Waals surface area contributed by atoms with Crippen LogP contribution in [0.2, 0.25) is 0 Å². The third-order valence-electron chi connectivity index (χ3n) is 3.85. The number of carbonyl (C=O) groups is 1. The normalized spacial score (nSPS) is 15.3. The highest BCUT2D eigenvalue weighted by Gasteiger charge is 2.27. The summed E-state index contributed by atoms with van der Waals surface area (Å²) < 4.78 is 32.1. The first-order valence-electron chi connectivity index (χ1n) is 7.52. The fourth-order valence-electron chi connectivity index (χ4n) is 2.59. The number of anilines is 1. The molecule has 0 radical (unpaired) electrons. The number of rotatable bonds is 3. The zero-order valence-electron chi connectivity index (χ0n) is 12.8. The van der Waals surface area contributed by atoms with E-state index in [0.29, 0.717) is 25.9 Å². The van der Waals surface area contributed by atoms with Gasteiger partial charge in [0.1, 0.15) is 11.9 Å². The molecule has 1 saturated heterocycles. The highest BCUT2D eigenvalue weighted by Crippen LogP contribution is 2.23. The van der Waals surface area contributed by atoms with Crippen LogP contribution in [-0.2, 0) is 0 Å². The number of hydrogen-bond acceptors (Lipinski definition) is 5. The topological polar surface area (TPSA) is 81.3 Å². The first-order valence-corrected chi connectivity index (χ1v) is 7.52. The summed E-state index contributed by atoms with van der Waals surface area (Å²) in [5.74, 6) is -1.57. The van der Waals surface area contributed by atoms with Crippen LogP contribution in [0.3, 0.4) is 0 Å². The molecule has 0 bridgehead atoms. The van der Waals surface area contributed by atoms with Gasteiger partial charge >= 0.3 is 0 Å². The molecule has 0 spiro atoms. The summed E-state index contributed by atoms with van der Waals surface area (Å²) in [7, 11) is 0. The van der Waals surface area contributed by atoms with E-state index in [4.69, 9.17) is 10.5 Å².